The second-order valence-corrected chi connectivity index (χ2v) is 4.76. The topological polar surface area (TPSA) is 29.1 Å². The molecule has 2 unspecified atom stereocenters. The van der Waals surface area contributed by atoms with E-state index in [1.807, 2.05) is 12.1 Å². The monoisotopic (exact) mass is 217 g/mol. The zero-order chi connectivity index (χ0) is 11.5. The molecule has 0 aromatic heterocycles. The number of piperidine rings is 1. The molecule has 0 amide bonds. The lowest BCUT2D eigenvalue weighted by Gasteiger charge is -2.30. The van der Waals surface area contributed by atoms with E-state index in [1.54, 1.807) is 6.92 Å². The number of carbonyl (C=O) groups excluding carboxylic acids is 1. The van der Waals surface area contributed by atoms with Crippen LogP contribution >= 0.6 is 0 Å². The number of rotatable bonds is 2. The van der Waals surface area contributed by atoms with Gasteiger partial charge in [-0.05, 0) is 49.9 Å². The maximum absolute atomic E-state index is 11.3. The van der Waals surface area contributed by atoms with E-state index in [0.717, 1.165) is 18.7 Å². The third-order valence-electron chi connectivity index (χ3n) is 3.51. The lowest BCUT2D eigenvalue weighted by molar-refractivity contribution is 0.101. The van der Waals surface area contributed by atoms with Crippen molar-refractivity contribution in [3.05, 3.63) is 35.4 Å². The largest absolute Gasteiger partial charge is 0.316 e. The lowest BCUT2D eigenvalue weighted by Crippen LogP contribution is -2.33. The number of ketones is 1. The van der Waals surface area contributed by atoms with E-state index < -0.39 is 0 Å². The van der Waals surface area contributed by atoms with Gasteiger partial charge in [0, 0.05) is 5.56 Å². The molecule has 2 heteroatoms. The fourth-order valence-corrected chi connectivity index (χ4v) is 2.50. The molecule has 1 N–H and O–H groups in total. The van der Waals surface area contributed by atoms with Gasteiger partial charge in [0.1, 0.15) is 0 Å². The zero-order valence-corrected chi connectivity index (χ0v) is 9.99. The smallest absolute Gasteiger partial charge is 0.159 e. The van der Waals surface area contributed by atoms with Gasteiger partial charge in [0.15, 0.2) is 5.78 Å². The van der Waals surface area contributed by atoms with Gasteiger partial charge in [0.05, 0.1) is 0 Å². The summed E-state index contributed by atoms with van der Waals surface area (Å²) < 4.78 is 0. The minimum Gasteiger partial charge on any atom is -0.316 e. The van der Waals surface area contributed by atoms with Crippen LogP contribution in [0.4, 0.5) is 0 Å². The Bertz CT molecular complexity index is 386. The SMILES string of the molecule is CC(=O)c1cccc(C2CCNCC2C)c1. The van der Waals surface area contributed by atoms with Gasteiger partial charge in [0.2, 0.25) is 0 Å². The molecule has 0 aliphatic carbocycles. The highest BCUT2D eigenvalue weighted by molar-refractivity contribution is 5.94. The van der Waals surface area contributed by atoms with Crippen LogP contribution in [0, 0.1) is 5.92 Å². The van der Waals surface area contributed by atoms with Gasteiger partial charge >= 0.3 is 0 Å². The molecule has 86 valence electrons. The van der Waals surface area contributed by atoms with Crippen molar-refractivity contribution >= 4 is 5.78 Å². The van der Waals surface area contributed by atoms with Crippen LogP contribution in [-0.2, 0) is 0 Å². The van der Waals surface area contributed by atoms with Crippen molar-refractivity contribution in [3.8, 4) is 0 Å². The molecule has 1 aromatic carbocycles. The van der Waals surface area contributed by atoms with E-state index in [1.165, 1.54) is 12.0 Å². The van der Waals surface area contributed by atoms with Crippen molar-refractivity contribution < 1.29 is 4.79 Å². The van der Waals surface area contributed by atoms with Gasteiger partial charge in [0.25, 0.3) is 0 Å². The quantitative estimate of drug-likeness (QED) is 0.771. The summed E-state index contributed by atoms with van der Waals surface area (Å²) in [6, 6.07) is 8.12. The van der Waals surface area contributed by atoms with Crippen molar-refractivity contribution in [1.82, 2.24) is 5.32 Å². The number of carbonyl (C=O) groups is 1. The fraction of sp³-hybridized carbons (Fsp3) is 0.500. The zero-order valence-electron chi connectivity index (χ0n) is 9.99. The molecular weight excluding hydrogens is 198 g/mol. The van der Waals surface area contributed by atoms with Crippen LogP contribution < -0.4 is 5.32 Å². The molecule has 1 aromatic rings. The van der Waals surface area contributed by atoms with Gasteiger partial charge in [-0.2, -0.15) is 0 Å². The summed E-state index contributed by atoms with van der Waals surface area (Å²) in [6.45, 7) is 6.07. The first-order chi connectivity index (χ1) is 7.68. The second-order valence-electron chi connectivity index (χ2n) is 4.76. The van der Waals surface area contributed by atoms with Gasteiger partial charge in [-0.15, -0.1) is 0 Å². The molecule has 1 heterocycles. The van der Waals surface area contributed by atoms with Crippen molar-refractivity contribution in [3.63, 3.8) is 0 Å². The summed E-state index contributed by atoms with van der Waals surface area (Å²) >= 11 is 0. The number of hydrogen-bond acceptors (Lipinski definition) is 2. The molecule has 1 saturated heterocycles. The molecule has 1 fully saturated rings. The minimum atomic E-state index is 0.156. The van der Waals surface area contributed by atoms with Crippen molar-refractivity contribution in [2.75, 3.05) is 13.1 Å². The Morgan fingerprint density at radius 2 is 2.25 bits per heavy atom. The van der Waals surface area contributed by atoms with E-state index in [-0.39, 0.29) is 5.78 Å². The molecule has 1 aliphatic rings. The Morgan fingerprint density at radius 1 is 1.44 bits per heavy atom. The van der Waals surface area contributed by atoms with E-state index in [0.29, 0.717) is 11.8 Å². The molecule has 2 nitrogen and oxygen atoms in total. The first kappa shape index (κ1) is 11.3. The third-order valence-corrected chi connectivity index (χ3v) is 3.51. The van der Waals surface area contributed by atoms with Crippen LogP contribution in [0.25, 0.3) is 0 Å². The molecule has 16 heavy (non-hydrogen) atoms. The van der Waals surface area contributed by atoms with Crippen molar-refractivity contribution in [2.45, 2.75) is 26.2 Å². The number of Topliss-reactive ketones (excluding diaryl/α,β-unsaturated/α-hetero) is 1. The molecule has 0 radical (unpaired) electrons. The number of hydrogen-bond donors (Lipinski definition) is 1. The average Bonchev–Trinajstić information content (AvgIpc) is 2.30. The number of nitrogens with one attached hydrogen (secondary N) is 1. The summed E-state index contributed by atoms with van der Waals surface area (Å²) in [4.78, 5) is 11.3. The van der Waals surface area contributed by atoms with Crippen molar-refractivity contribution in [2.24, 2.45) is 5.92 Å². The number of benzene rings is 1. The summed E-state index contributed by atoms with van der Waals surface area (Å²) in [7, 11) is 0. The van der Waals surface area contributed by atoms with Gasteiger partial charge in [-0.3, -0.25) is 4.79 Å². The molecule has 1 aliphatic heterocycles. The Morgan fingerprint density at radius 3 is 2.94 bits per heavy atom. The van der Waals surface area contributed by atoms with Crippen LogP contribution in [0.5, 0.6) is 0 Å². The third kappa shape index (κ3) is 2.33. The summed E-state index contributed by atoms with van der Waals surface area (Å²) in [5.74, 6) is 1.40. The first-order valence-corrected chi connectivity index (χ1v) is 6.00. The first-order valence-electron chi connectivity index (χ1n) is 6.00. The van der Waals surface area contributed by atoms with Gasteiger partial charge in [-0.25, -0.2) is 0 Å². The lowest BCUT2D eigenvalue weighted by atomic mass is 9.82. The van der Waals surface area contributed by atoms with Crippen LogP contribution in [0.15, 0.2) is 24.3 Å². The van der Waals surface area contributed by atoms with Crippen LogP contribution in [0.3, 0.4) is 0 Å². The normalized spacial score (nSPS) is 25.4. The maximum atomic E-state index is 11.3. The molecule has 0 bridgehead atoms. The summed E-state index contributed by atoms with van der Waals surface area (Å²) in [5.41, 5.74) is 2.16. The predicted octanol–water partition coefficient (Wildman–Crippen LogP) is 2.60. The van der Waals surface area contributed by atoms with E-state index in [4.69, 9.17) is 0 Å². The Balaban J connectivity index is 2.25. The van der Waals surface area contributed by atoms with Crippen LogP contribution in [0.2, 0.25) is 0 Å². The molecule has 2 atom stereocenters. The maximum Gasteiger partial charge on any atom is 0.159 e. The van der Waals surface area contributed by atoms with E-state index in [2.05, 4.69) is 24.4 Å². The van der Waals surface area contributed by atoms with Crippen LogP contribution in [0.1, 0.15) is 42.1 Å². The molecular formula is C14H19NO. The highest BCUT2D eigenvalue weighted by Gasteiger charge is 2.22. The van der Waals surface area contributed by atoms with Crippen molar-refractivity contribution in [1.29, 1.82) is 0 Å². The standard InChI is InChI=1S/C14H19NO/c1-10-9-15-7-6-14(10)13-5-3-4-12(8-13)11(2)16/h3-5,8,10,14-15H,6-7,9H2,1-2H3. The van der Waals surface area contributed by atoms with Gasteiger partial charge in [-0.1, -0.05) is 25.1 Å². The Kier molecular flexibility index (Phi) is 3.39. The highest BCUT2D eigenvalue weighted by Crippen LogP contribution is 2.30. The molecule has 0 saturated carbocycles. The Labute approximate surface area is 97.1 Å². The Hall–Kier alpha value is -1.15. The minimum absolute atomic E-state index is 0.156. The van der Waals surface area contributed by atoms with Gasteiger partial charge < -0.3 is 5.32 Å². The fourth-order valence-electron chi connectivity index (χ4n) is 2.50. The highest BCUT2D eigenvalue weighted by atomic mass is 16.1. The molecule has 0 spiro atoms. The van der Waals surface area contributed by atoms with E-state index >= 15 is 0 Å². The summed E-state index contributed by atoms with van der Waals surface area (Å²) in [5, 5.41) is 3.40. The van der Waals surface area contributed by atoms with Crippen LogP contribution in [-0.4, -0.2) is 18.9 Å². The second kappa shape index (κ2) is 4.79. The summed E-state index contributed by atoms with van der Waals surface area (Å²) in [6.07, 6.45) is 1.17. The predicted molar refractivity (Wildman–Crippen MR) is 65.8 cm³/mol. The average molecular weight is 217 g/mol. The molecule has 2 rings (SSSR count). The van der Waals surface area contributed by atoms with E-state index in [9.17, 15) is 4.79 Å².